The highest BCUT2D eigenvalue weighted by Crippen LogP contribution is 2.18. The molecular formula is C22H26N6O3S. The Morgan fingerprint density at radius 2 is 1.78 bits per heavy atom. The zero-order valence-electron chi connectivity index (χ0n) is 18.3. The molecule has 4 rings (SSSR count). The fraction of sp³-hybridized carbons (Fsp3) is 0.364. The highest BCUT2D eigenvalue weighted by atomic mass is 32.1. The first kappa shape index (κ1) is 22.0. The molecule has 0 spiro atoms. The van der Waals surface area contributed by atoms with E-state index in [4.69, 9.17) is 12.2 Å². The van der Waals surface area contributed by atoms with Crippen molar-refractivity contribution < 1.29 is 4.79 Å². The number of piperazine rings is 1. The van der Waals surface area contributed by atoms with Crippen molar-refractivity contribution in [3.8, 4) is 0 Å². The van der Waals surface area contributed by atoms with Gasteiger partial charge in [-0.1, -0.05) is 18.3 Å². The van der Waals surface area contributed by atoms with Gasteiger partial charge in [0.2, 0.25) is 0 Å². The summed E-state index contributed by atoms with van der Waals surface area (Å²) in [5, 5.41) is 3.36. The molecule has 10 heteroatoms. The van der Waals surface area contributed by atoms with Crippen molar-refractivity contribution in [3.63, 3.8) is 0 Å². The molecule has 1 fully saturated rings. The molecule has 0 bridgehead atoms. The van der Waals surface area contributed by atoms with E-state index in [2.05, 4.69) is 20.1 Å². The normalized spacial score (nSPS) is 14.7. The van der Waals surface area contributed by atoms with Crippen molar-refractivity contribution in [1.29, 1.82) is 0 Å². The lowest BCUT2D eigenvalue weighted by atomic mass is 10.1. The topological polar surface area (TPSA) is 95.4 Å². The quantitative estimate of drug-likeness (QED) is 0.571. The number of rotatable bonds is 4. The Morgan fingerprint density at radius 3 is 2.47 bits per heavy atom. The fourth-order valence-electron chi connectivity index (χ4n) is 4.10. The van der Waals surface area contributed by atoms with Gasteiger partial charge in [0, 0.05) is 59.3 Å². The van der Waals surface area contributed by atoms with Gasteiger partial charge in [0.1, 0.15) is 16.0 Å². The lowest BCUT2D eigenvalue weighted by molar-refractivity contribution is 0.0961. The zero-order valence-corrected chi connectivity index (χ0v) is 19.2. The van der Waals surface area contributed by atoms with Crippen LogP contribution in [0.5, 0.6) is 0 Å². The van der Waals surface area contributed by atoms with Crippen LogP contribution in [0.2, 0.25) is 0 Å². The minimum Gasteiger partial charge on any atom is -0.355 e. The van der Waals surface area contributed by atoms with E-state index in [0.717, 1.165) is 55.0 Å². The summed E-state index contributed by atoms with van der Waals surface area (Å²) in [6.07, 6.45) is 0. The Kier molecular flexibility index (Phi) is 5.98. The number of pyridine rings is 1. The van der Waals surface area contributed by atoms with Gasteiger partial charge < -0.3 is 15.2 Å². The molecule has 1 aliphatic rings. The molecule has 9 nitrogen and oxygen atoms in total. The summed E-state index contributed by atoms with van der Waals surface area (Å²) in [7, 11) is 4.87. The van der Waals surface area contributed by atoms with E-state index in [1.165, 1.54) is 16.2 Å². The van der Waals surface area contributed by atoms with Crippen molar-refractivity contribution in [3.05, 3.63) is 66.9 Å². The van der Waals surface area contributed by atoms with Crippen molar-refractivity contribution in [2.45, 2.75) is 6.54 Å². The average molecular weight is 455 g/mol. The number of carbonyl (C=O) groups excluding carboxylic acids is 1. The van der Waals surface area contributed by atoms with E-state index in [9.17, 15) is 14.4 Å². The Morgan fingerprint density at radius 1 is 1.06 bits per heavy atom. The minimum atomic E-state index is -0.379. The predicted molar refractivity (Wildman–Crippen MR) is 127 cm³/mol. The molecule has 0 radical (unpaired) electrons. The monoisotopic (exact) mass is 454 g/mol. The molecule has 0 atom stereocenters. The summed E-state index contributed by atoms with van der Waals surface area (Å²) in [5.41, 5.74) is 1.47. The zero-order chi connectivity index (χ0) is 23.0. The molecule has 1 amide bonds. The van der Waals surface area contributed by atoms with Crippen LogP contribution in [0.25, 0.3) is 10.9 Å². The summed E-state index contributed by atoms with van der Waals surface area (Å²) in [5.74, 6) is 0.423. The number of aromatic amines is 1. The number of benzene rings is 1. The Labute approximate surface area is 189 Å². The van der Waals surface area contributed by atoms with Crippen molar-refractivity contribution in [1.82, 2.24) is 24.3 Å². The van der Waals surface area contributed by atoms with E-state index < -0.39 is 0 Å². The number of aromatic nitrogens is 3. The van der Waals surface area contributed by atoms with E-state index in [-0.39, 0.29) is 22.7 Å². The van der Waals surface area contributed by atoms with Crippen molar-refractivity contribution in [2.75, 3.05) is 38.1 Å². The van der Waals surface area contributed by atoms with Gasteiger partial charge in [0.15, 0.2) is 0 Å². The molecule has 0 unspecified atom stereocenters. The average Bonchev–Trinajstić information content (AvgIpc) is 2.79. The van der Waals surface area contributed by atoms with Crippen LogP contribution in [0.1, 0.15) is 15.9 Å². The highest BCUT2D eigenvalue weighted by Gasteiger charge is 2.21. The van der Waals surface area contributed by atoms with Gasteiger partial charge in [-0.15, -0.1) is 0 Å². The fourth-order valence-corrected chi connectivity index (χ4v) is 4.36. The van der Waals surface area contributed by atoms with Crippen LogP contribution in [0.4, 0.5) is 5.82 Å². The van der Waals surface area contributed by atoms with Gasteiger partial charge >= 0.3 is 5.69 Å². The standard InChI is InChI=1S/C22H26N6O3S/c1-23-19(29)16-6-7-18(25(2)20(16)30)28-10-8-27(9-11-28)13-14-4-5-15-17(12-14)24-22(31)26(3)21(15)32/h4-7,12H,8-11,13H2,1-3H3,(H,23,29)(H,24,31). The Bertz CT molecular complexity index is 1360. The second-order valence-electron chi connectivity index (χ2n) is 7.99. The van der Waals surface area contributed by atoms with Gasteiger partial charge in [0.25, 0.3) is 11.5 Å². The molecule has 2 aromatic heterocycles. The van der Waals surface area contributed by atoms with Crippen LogP contribution in [0, 0.1) is 4.64 Å². The Hall–Kier alpha value is -3.24. The number of H-pyrrole nitrogens is 1. The van der Waals surface area contributed by atoms with Crippen LogP contribution >= 0.6 is 12.2 Å². The molecule has 32 heavy (non-hydrogen) atoms. The molecule has 168 valence electrons. The molecule has 1 aliphatic heterocycles. The molecule has 2 N–H and O–H groups in total. The first-order valence-electron chi connectivity index (χ1n) is 10.4. The molecule has 0 aliphatic carbocycles. The largest absolute Gasteiger partial charge is 0.355 e. The second kappa shape index (κ2) is 8.71. The minimum absolute atomic E-state index is 0.141. The number of amides is 1. The summed E-state index contributed by atoms with van der Waals surface area (Å²) in [6, 6.07) is 9.41. The first-order chi connectivity index (χ1) is 15.3. The number of hydrogen-bond donors (Lipinski definition) is 2. The van der Waals surface area contributed by atoms with Crippen LogP contribution in [0.15, 0.2) is 39.9 Å². The smallest absolute Gasteiger partial charge is 0.326 e. The predicted octanol–water partition coefficient (Wildman–Crippen LogP) is 0.977. The summed E-state index contributed by atoms with van der Waals surface area (Å²) in [6.45, 7) is 3.95. The third-order valence-corrected chi connectivity index (χ3v) is 6.51. The third-order valence-electron chi connectivity index (χ3n) is 6.02. The molecule has 3 heterocycles. The molecule has 0 saturated carbocycles. The van der Waals surface area contributed by atoms with E-state index in [1.54, 1.807) is 20.2 Å². The molecular weight excluding hydrogens is 428 g/mol. The third kappa shape index (κ3) is 3.98. The molecule has 3 aromatic rings. The summed E-state index contributed by atoms with van der Waals surface area (Å²) >= 11 is 5.38. The van der Waals surface area contributed by atoms with E-state index in [1.807, 2.05) is 24.3 Å². The lowest BCUT2D eigenvalue weighted by Gasteiger charge is -2.36. The van der Waals surface area contributed by atoms with Crippen LogP contribution < -0.4 is 21.5 Å². The van der Waals surface area contributed by atoms with E-state index >= 15 is 0 Å². The number of anilines is 1. The maximum Gasteiger partial charge on any atom is 0.326 e. The van der Waals surface area contributed by atoms with Crippen molar-refractivity contribution >= 4 is 34.8 Å². The van der Waals surface area contributed by atoms with Gasteiger partial charge in [-0.2, -0.15) is 0 Å². The molecule has 1 aromatic carbocycles. The van der Waals surface area contributed by atoms with Gasteiger partial charge in [-0.05, 0) is 29.8 Å². The maximum atomic E-state index is 12.5. The van der Waals surface area contributed by atoms with E-state index in [0.29, 0.717) is 4.64 Å². The number of carbonyl (C=O) groups is 1. The first-order valence-corrected chi connectivity index (χ1v) is 10.8. The highest BCUT2D eigenvalue weighted by molar-refractivity contribution is 7.71. The number of nitrogens with zero attached hydrogens (tertiary/aromatic N) is 4. The van der Waals surface area contributed by atoms with Crippen molar-refractivity contribution in [2.24, 2.45) is 14.1 Å². The van der Waals surface area contributed by atoms with Crippen LogP contribution in [-0.4, -0.2) is 58.2 Å². The summed E-state index contributed by atoms with van der Waals surface area (Å²) in [4.78, 5) is 43.8. The Balaban J connectivity index is 1.47. The second-order valence-corrected chi connectivity index (χ2v) is 8.37. The maximum absolute atomic E-state index is 12.5. The van der Waals surface area contributed by atoms with Crippen LogP contribution in [-0.2, 0) is 20.6 Å². The van der Waals surface area contributed by atoms with Crippen LogP contribution in [0.3, 0.4) is 0 Å². The lowest BCUT2D eigenvalue weighted by Crippen LogP contribution is -2.47. The number of nitrogens with one attached hydrogen (secondary N) is 2. The SMILES string of the molecule is CNC(=O)c1ccc(N2CCN(Cc3ccc4c(=S)n(C)c(=O)[nH]c4c3)CC2)n(C)c1=O. The van der Waals surface area contributed by atoms with Gasteiger partial charge in [0.05, 0.1) is 5.52 Å². The van der Waals surface area contributed by atoms with Gasteiger partial charge in [-0.3, -0.25) is 23.6 Å². The number of hydrogen-bond acceptors (Lipinski definition) is 6. The molecule has 1 saturated heterocycles. The number of fused-ring (bicyclic) bond motifs is 1. The van der Waals surface area contributed by atoms with Gasteiger partial charge in [-0.25, -0.2) is 4.79 Å². The summed E-state index contributed by atoms with van der Waals surface area (Å²) < 4.78 is 3.49.